The van der Waals surface area contributed by atoms with Gasteiger partial charge < -0.3 is 9.80 Å². The minimum Gasteiger partial charge on any atom is -0.310 e. The van der Waals surface area contributed by atoms with Crippen LogP contribution in [0.3, 0.4) is 0 Å². The lowest BCUT2D eigenvalue weighted by Crippen LogP contribution is -2.10. The molecule has 3 heteroatoms. The molecule has 1 aromatic heterocycles. The molecule has 0 spiro atoms. The first-order chi connectivity index (χ1) is 27.3. The van der Waals surface area contributed by atoms with Crippen molar-refractivity contribution >= 4 is 76.4 Å². The standard InChI is InChI=1S/C52H36N2S/c1-5-17-37(18-6-1)39-21-15-27-43(33-39)53(41-23-9-3-10-24-41)45-31-32-50-48(35-45)52-47-30-14-13-29-46(47)49(36-51(52)55-50)54(42-25-11-4-12-26-42)44-28-16-22-40(34-44)38-19-7-2-8-20-38/h1-36H. The van der Waals surface area contributed by atoms with Crippen LogP contribution in [0, 0.1) is 0 Å². The molecule has 0 saturated heterocycles. The van der Waals surface area contributed by atoms with E-state index < -0.39 is 0 Å². The molecule has 0 atom stereocenters. The number of benzene rings is 9. The van der Waals surface area contributed by atoms with Crippen LogP contribution in [0.2, 0.25) is 0 Å². The van der Waals surface area contributed by atoms with Gasteiger partial charge in [-0.3, -0.25) is 0 Å². The number of hydrogen-bond donors (Lipinski definition) is 0. The molecule has 0 amide bonds. The third kappa shape index (κ3) is 6.11. The van der Waals surface area contributed by atoms with Crippen LogP contribution in [0.1, 0.15) is 0 Å². The first-order valence-corrected chi connectivity index (χ1v) is 19.5. The normalized spacial score (nSPS) is 11.3. The summed E-state index contributed by atoms with van der Waals surface area (Å²) in [7, 11) is 0. The van der Waals surface area contributed by atoms with E-state index in [0.29, 0.717) is 0 Å². The molecule has 0 fully saturated rings. The molecule has 0 N–H and O–H groups in total. The second-order valence-corrected chi connectivity index (χ2v) is 14.9. The number of rotatable bonds is 8. The van der Waals surface area contributed by atoms with Crippen molar-refractivity contribution in [2.45, 2.75) is 0 Å². The second kappa shape index (κ2) is 14.1. The Hall–Kier alpha value is -6.94. The highest BCUT2D eigenvalue weighted by Gasteiger charge is 2.21. The first-order valence-electron chi connectivity index (χ1n) is 18.7. The third-order valence-corrected chi connectivity index (χ3v) is 11.5. The zero-order chi connectivity index (χ0) is 36.6. The van der Waals surface area contributed by atoms with Gasteiger partial charge in [-0.2, -0.15) is 0 Å². The van der Waals surface area contributed by atoms with E-state index in [0.717, 1.165) is 34.1 Å². The van der Waals surface area contributed by atoms with E-state index in [9.17, 15) is 0 Å². The highest BCUT2D eigenvalue weighted by Crippen LogP contribution is 2.48. The van der Waals surface area contributed by atoms with E-state index in [1.165, 1.54) is 53.2 Å². The van der Waals surface area contributed by atoms with Gasteiger partial charge in [0.25, 0.3) is 0 Å². The van der Waals surface area contributed by atoms with E-state index in [-0.39, 0.29) is 0 Å². The maximum Gasteiger partial charge on any atom is 0.0554 e. The van der Waals surface area contributed by atoms with Crippen molar-refractivity contribution in [1.29, 1.82) is 0 Å². The number of hydrogen-bond acceptors (Lipinski definition) is 3. The van der Waals surface area contributed by atoms with Gasteiger partial charge in [-0.25, -0.2) is 0 Å². The van der Waals surface area contributed by atoms with E-state index in [1.807, 2.05) is 11.3 Å². The SMILES string of the molecule is c1ccc(-c2cccc(N(c3ccccc3)c3ccc4sc5cc(N(c6ccccc6)c6cccc(-c7ccccc7)c6)c6ccccc6c5c4c3)c2)cc1. The molecule has 9 aromatic carbocycles. The molecule has 0 aliphatic heterocycles. The van der Waals surface area contributed by atoms with Crippen molar-refractivity contribution in [3.8, 4) is 22.3 Å². The molecule has 0 unspecified atom stereocenters. The van der Waals surface area contributed by atoms with Gasteiger partial charge in [-0.05, 0) is 100 Å². The zero-order valence-electron chi connectivity index (χ0n) is 30.1. The molecule has 0 bridgehead atoms. The van der Waals surface area contributed by atoms with Crippen molar-refractivity contribution in [3.63, 3.8) is 0 Å². The highest BCUT2D eigenvalue weighted by atomic mass is 32.1. The predicted octanol–water partition coefficient (Wildman–Crippen LogP) is 15.5. The average molecular weight is 721 g/mol. The van der Waals surface area contributed by atoms with Gasteiger partial charge in [0, 0.05) is 54.0 Å². The van der Waals surface area contributed by atoms with Gasteiger partial charge in [-0.1, -0.05) is 146 Å². The largest absolute Gasteiger partial charge is 0.310 e. The number of fused-ring (bicyclic) bond motifs is 5. The molecule has 10 rings (SSSR count). The summed E-state index contributed by atoms with van der Waals surface area (Å²) in [6.45, 7) is 0. The quantitative estimate of drug-likeness (QED) is 0.154. The van der Waals surface area contributed by atoms with Crippen LogP contribution in [0.15, 0.2) is 218 Å². The summed E-state index contributed by atoms with van der Waals surface area (Å²) < 4.78 is 2.53. The summed E-state index contributed by atoms with van der Waals surface area (Å²) in [5.74, 6) is 0. The van der Waals surface area contributed by atoms with Gasteiger partial charge >= 0.3 is 0 Å². The van der Waals surface area contributed by atoms with Gasteiger partial charge in [0.2, 0.25) is 0 Å². The Morgan fingerprint density at radius 1 is 0.273 bits per heavy atom. The lowest BCUT2D eigenvalue weighted by Gasteiger charge is -2.27. The monoisotopic (exact) mass is 720 g/mol. The Morgan fingerprint density at radius 3 is 1.33 bits per heavy atom. The number of thiophene rings is 1. The molecular weight excluding hydrogens is 685 g/mol. The number of nitrogens with zero attached hydrogens (tertiary/aromatic N) is 2. The summed E-state index contributed by atoms with van der Waals surface area (Å²) in [6.07, 6.45) is 0. The van der Waals surface area contributed by atoms with E-state index in [1.54, 1.807) is 0 Å². The molecular formula is C52H36N2S. The topological polar surface area (TPSA) is 6.48 Å². The van der Waals surface area contributed by atoms with Gasteiger partial charge in [-0.15, -0.1) is 11.3 Å². The minimum absolute atomic E-state index is 1.12. The van der Waals surface area contributed by atoms with Crippen molar-refractivity contribution in [1.82, 2.24) is 0 Å². The van der Waals surface area contributed by atoms with Crippen molar-refractivity contribution in [3.05, 3.63) is 218 Å². The Balaban J connectivity index is 1.17. The fraction of sp³-hybridized carbons (Fsp3) is 0. The van der Waals surface area contributed by atoms with Gasteiger partial charge in [0.15, 0.2) is 0 Å². The molecule has 0 radical (unpaired) electrons. The smallest absolute Gasteiger partial charge is 0.0554 e. The van der Waals surface area contributed by atoms with E-state index >= 15 is 0 Å². The lowest BCUT2D eigenvalue weighted by molar-refractivity contribution is 1.29. The van der Waals surface area contributed by atoms with Crippen LogP contribution in [-0.4, -0.2) is 0 Å². The van der Waals surface area contributed by atoms with Crippen LogP contribution in [-0.2, 0) is 0 Å². The Bertz CT molecular complexity index is 2920. The highest BCUT2D eigenvalue weighted by molar-refractivity contribution is 7.26. The average Bonchev–Trinajstić information content (AvgIpc) is 3.64. The van der Waals surface area contributed by atoms with Crippen LogP contribution in [0.4, 0.5) is 34.1 Å². The Morgan fingerprint density at radius 2 is 0.727 bits per heavy atom. The summed E-state index contributed by atoms with van der Waals surface area (Å²) in [6, 6.07) is 78.7. The molecule has 55 heavy (non-hydrogen) atoms. The maximum atomic E-state index is 2.42. The van der Waals surface area contributed by atoms with E-state index in [2.05, 4.69) is 228 Å². The number of anilines is 6. The summed E-state index contributed by atoms with van der Waals surface area (Å²) in [4.78, 5) is 4.80. The maximum absolute atomic E-state index is 2.42. The third-order valence-electron chi connectivity index (χ3n) is 10.4. The van der Waals surface area contributed by atoms with E-state index in [4.69, 9.17) is 0 Å². The molecule has 0 aliphatic rings. The molecule has 0 aliphatic carbocycles. The van der Waals surface area contributed by atoms with Crippen LogP contribution >= 0.6 is 11.3 Å². The van der Waals surface area contributed by atoms with Crippen molar-refractivity contribution in [2.75, 3.05) is 9.80 Å². The minimum atomic E-state index is 1.12. The zero-order valence-corrected chi connectivity index (χ0v) is 30.9. The summed E-state index contributed by atoms with van der Waals surface area (Å²) >= 11 is 1.87. The molecule has 260 valence electrons. The van der Waals surface area contributed by atoms with Gasteiger partial charge in [0.05, 0.1) is 5.69 Å². The van der Waals surface area contributed by atoms with Crippen molar-refractivity contribution < 1.29 is 0 Å². The Labute approximate surface area is 325 Å². The predicted molar refractivity (Wildman–Crippen MR) is 237 cm³/mol. The second-order valence-electron chi connectivity index (χ2n) is 13.8. The first kappa shape index (κ1) is 32.7. The van der Waals surface area contributed by atoms with Crippen LogP contribution in [0.25, 0.3) is 53.2 Å². The fourth-order valence-corrected chi connectivity index (χ4v) is 9.01. The van der Waals surface area contributed by atoms with Gasteiger partial charge in [0.1, 0.15) is 0 Å². The molecule has 2 nitrogen and oxygen atoms in total. The lowest BCUT2D eigenvalue weighted by atomic mass is 9.99. The summed E-state index contributed by atoms with van der Waals surface area (Å²) in [5, 5.41) is 5.01. The fourth-order valence-electron chi connectivity index (χ4n) is 7.87. The molecule has 0 saturated carbocycles. The summed E-state index contributed by atoms with van der Waals surface area (Å²) in [5.41, 5.74) is 11.6. The van der Waals surface area contributed by atoms with Crippen LogP contribution in [0.5, 0.6) is 0 Å². The number of para-hydroxylation sites is 2. The van der Waals surface area contributed by atoms with Crippen molar-refractivity contribution in [2.24, 2.45) is 0 Å². The molecule has 1 heterocycles. The molecule has 10 aromatic rings. The van der Waals surface area contributed by atoms with Crippen LogP contribution < -0.4 is 9.80 Å². The Kier molecular flexibility index (Phi) is 8.40.